The highest BCUT2D eigenvalue weighted by Crippen LogP contribution is 2.20. The second-order valence-electron chi connectivity index (χ2n) is 4.92. The van der Waals surface area contributed by atoms with E-state index in [-0.39, 0.29) is 12.2 Å². The van der Waals surface area contributed by atoms with Crippen molar-refractivity contribution in [1.82, 2.24) is 4.90 Å². The predicted molar refractivity (Wildman–Crippen MR) is 66.3 cm³/mol. The van der Waals surface area contributed by atoms with Crippen LogP contribution in [0.15, 0.2) is 12.7 Å². The minimum Gasteiger partial charge on any atom is -0.393 e. The lowest BCUT2D eigenvalue weighted by Gasteiger charge is -2.35. The van der Waals surface area contributed by atoms with E-state index in [1.54, 1.807) is 0 Å². The van der Waals surface area contributed by atoms with Crippen LogP contribution in [0.2, 0.25) is 0 Å². The molecule has 0 saturated carbocycles. The molecule has 1 aliphatic heterocycles. The lowest BCUT2D eigenvalue weighted by atomic mass is 9.93. The van der Waals surface area contributed by atoms with Crippen molar-refractivity contribution in [3.8, 4) is 0 Å². The summed E-state index contributed by atoms with van der Waals surface area (Å²) in [7, 11) is 0. The SMILES string of the molecule is C=CCC[C@@H](O)CN1CCC[C@@H]([C@@H](C)O)C1. The molecule has 1 saturated heterocycles. The Morgan fingerprint density at radius 2 is 2.25 bits per heavy atom. The monoisotopic (exact) mass is 227 g/mol. The number of hydrogen-bond acceptors (Lipinski definition) is 3. The van der Waals surface area contributed by atoms with Crippen molar-refractivity contribution in [2.45, 2.75) is 44.8 Å². The minimum atomic E-state index is -0.259. The molecule has 1 rings (SSSR count). The van der Waals surface area contributed by atoms with Gasteiger partial charge in [-0.2, -0.15) is 0 Å². The summed E-state index contributed by atoms with van der Waals surface area (Å²) >= 11 is 0. The third-order valence-electron chi connectivity index (χ3n) is 3.40. The number of aliphatic hydroxyl groups excluding tert-OH is 2. The highest BCUT2D eigenvalue weighted by molar-refractivity contribution is 4.78. The van der Waals surface area contributed by atoms with E-state index in [2.05, 4.69) is 11.5 Å². The zero-order valence-corrected chi connectivity index (χ0v) is 10.3. The van der Waals surface area contributed by atoms with E-state index < -0.39 is 0 Å². The van der Waals surface area contributed by atoms with Crippen LogP contribution in [0.4, 0.5) is 0 Å². The molecule has 0 aliphatic carbocycles. The molecule has 0 amide bonds. The van der Waals surface area contributed by atoms with Crippen LogP contribution in [0.5, 0.6) is 0 Å². The summed E-state index contributed by atoms with van der Waals surface area (Å²) < 4.78 is 0. The molecule has 2 N–H and O–H groups in total. The summed E-state index contributed by atoms with van der Waals surface area (Å²) in [6, 6.07) is 0. The van der Waals surface area contributed by atoms with Crippen LogP contribution in [0.25, 0.3) is 0 Å². The molecule has 3 heteroatoms. The van der Waals surface area contributed by atoms with Crippen LogP contribution in [-0.2, 0) is 0 Å². The van der Waals surface area contributed by atoms with E-state index in [4.69, 9.17) is 0 Å². The van der Waals surface area contributed by atoms with Gasteiger partial charge < -0.3 is 15.1 Å². The van der Waals surface area contributed by atoms with Crippen LogP contribution in [0.3, 0.4) is 0 Å². The van der Waals surface area contributed by atoms with Crippen LogP contribution in [0.1, 0.15) is 32.6 Å². The van der Waals surface area contributed by atoms with Gasteiger partial charge in [-0.3, -0.25) is 0 Å². The third kappa shape index (κ3) is 4.64. The van der Waals surface area contributed by atoms with Crippen molar-refractivity contribution in [3.05, 3.63) is 12.7 Å². The molecule has 0 unspecified atom stereocenters. The summed E-state index contributed by atoms with van der Waals surface area (Å²) in [6.07, 6.45) is 5.26. The van der Waals surface area contributed by atoms with Crippen molar-refractivity contribution in [1.29, 1.82) is 0 Å². The van der Waals surface area contributed by atoms with Gasteiger partial charge in [0.15, 0.2) is 0 Å². The first-order valence-electron chi connectivity index (χ1n) is 6.33. The standard InChI is InChI=1S/C13H25NO2/c1-3-4-7-13(16)10-14-8-5-6-12(9-14)11(2)15/h3,11-13,15-16H,1,4-10H2,2H3/t11-,12-,13-/m1/s1. The van der Waals surface area contributed by atoms with Crippen molar-refractivity contribution < 1.29 is 10.2 Å². The molecule has 3 nitrogen and oxygen atoms in total. The molecule has 0 aromatic heterocycles. The van der Waals surface area contributed by atoms with Crippen LogP contribution in [0, 0.1) is 5.92 Å². The van der Waals surface area contributed by atoms with E-state index in [9.17, 15) is 10.2 Å². The summed E-state index contributed by atoms with van der Waals surface area (Å²) in [5, 5.41) is 19.4. The van der Waals surface area contributed by atoms with Gasteiger partial charge in [-0.15, -0.1) is 6.58 Å². The number of piperidine rings is 1. The van der Waals surface area contributed by atoms with Gasteiger partial charge >= 0.3 is 0 Å². The number of β-amino-alcohol motifs (C(OH)–C–C–N with tert-alkyl or cyclic N) is 1. The number of rotatable bonds is 6. The normalized spacial score (nSPS) is 26.3. The van der Waals surface area contributed by atoms with E-state index >= 15 is 0 Å². The fourth-order valence-corrected chi connectivity index (χ4v) is 2.35. The number of aliphatic hydroxyl groups is 2. The molecule has 1 aliphatic rings. The van der Waals surface area contributed by atoms with Gasteiger partial charge in [-0.1, -0.05) is 6.08 Å². The second-order valence-corrected chi connectivity index (χ2v) is 4.92. The lowest BCUT2D eigenvalue weighted by Crippen LogP contribution is -2.42. The maximum absolute atomic E-state index is 9.81. The summed E-state index contributed by atoms with van der Waals surface area (Å²) in [5.74, 6) is 0.375. The lowest BCUT2D eigenvalue weighted by molar-refractivity contribution is 0.0363. The zero-order valence-electron chi connectivity index (χ0n) is 10.3. The fraction of sp³-hybridized carbons (Fsp3) is 0.846. The molecular formula is C13H25NO2. The second kappa shape index (κ2) is 7.05. The van der Waals surface area contributed by atoms with Crippen LogP contribution >= 0.6 is 0 Å². The summed E-state index contributed by atoms with van der Waals surface area (Å²) in [4.78, 5) is 2.27. The van der Waals surface area contributed by atoms with Gasteiger partial charge in [0.25, 0.3) is 0 Å². The van der Waals surface area contributed by atoms with Gasteiger partial charge in [0, 0.05) is 13.1 Å². The predicted octanol–water partition coefficient (Wildman–Crippen LogP) is 1.41. The molecule has 0 radical (unpaired) electrons. The molecule has 1 fully saturated rings. The Bertz CT molecular complexity index is 206. The van der Waals surface area contributed by atoms with Gasteiger partial charge in [0.05, 0.1) is 12.2 Å². The number of hydrogen-bond donors (Lipinski definition) is 2. The highest BCUT2D eigenvalue weighted by Gasteiger charge is 2.24. The van der Waals surface area contributed by atoms with E-state index in [0.29, 0.717) is 5.92 Å². The quantitative estimate of drug-likeness (QED) is 0.674. The van der Waals surface area contributed by atoms with Gasteiger partial charge in [0.2, 0.25) is 0 Å². The number of likely N-dealkylation sites (tertiary alicyclic amines) is 1. The fourth-order valence-electron chi connectivity index (χ4n) is 2.35. The summed E-state index contributed by atoms with van der Waals surface area (Å²) in [6.45, 7) is 8.22. The Morgan fingerprint density at radius 3 is 2.88 bits per heavy atom. The largest absolute Gasteiger partial charge is 0.393 e. The highest BCUT2D eigenvalue weighted by atomic mass is 16.3. The minimum absolute atomic E-state index is 0.229. The number of allylic oxidation sites excluding steroid dienone is 1. The van der Waals surface area contributed by atoms with Crippen LogP contribution in [-0.4, -0.2) is 47.0 Å². The maximum Gasteiger partial charge on any atom is 0.0670 e. The number of nitrogens with zero attached hydrogens (tertiary/aromatic N) is 1. The van der Waals surface area contributed by atoms with E-state index in [0.717, 1.165) is 45.3 Å². The first-order chi connectivity index (χ1) is 7.63. The molecule has 94 valence electrons. The van der Waals surface area contributed by atoms with Crippen molar-refractivity contribution >= 4 is 0 Å². The van der Waals surface area contributed by atoms with Gasteiger partial charge in [-0.25, -0.2) is 0 Å². The molecule has 3 atom stereocenters. The molecule has 0 aromatic carbocycles. The van der Waals surface area contributed by atoms with Crippen molar-refractivity contribution in [2.75, 3.05) is 19.6 Å². The van der Waals surface area contributed by atoms with Crippen LogP contribution < -0.4 is 0 Å². The zero-order chi connectivity index (χ0) is 12.0. The first-order valence-corrected chi connectivity index (χ1v) is 6.33. The summed E-state index contributed by atoms with van der Waals surface area (Å²) in [5.41, 5.74) is 0. The molecule has 16 heavy (non-hydrogen) atoms. The first kappa shape index (κ1) is 13.7. The Hall–Kier alpha value is -0.380. The van der Waals surface area contributed by atoms with Gasteiger partial charge in [-0.05, 0) is 45.1 Å². The Morgan fingerprint density at radius 1 is 1.50 bits per heavy atom. The molecule has 0 bridgehead atoms. The average molecular weight is 227 g/mol. The van der Waals surface area contributed by atoms with Gasteiger partial charge in [0.1, 0.15) is 0 Å². The molecular weight excluding hydrogens is 202 g/mol. The Balaban J connectivity index is 2.28. The van der Waals surface area contributed by atoms with E-state index in [1.165, 1.54) is 0 Å². The average Bonchev–Trinajstić information content (AvgIpc) is 2.26. The maximum atomic E-state index is 9.81. The molecule has 0 spiro atoms. The Labute approximate surface area is 98.8 Å². The smallest absolute Gasteiger partial charge is 0.0670 e. The topological polar surface area (TPSA) is 43.7 Å². The Kier molecular flexibility index (Phi) is 6.03. The molecule has 1 heterocycles. The van der Waals surface area contributed by atoms with E-state index in [1.807, 2.05) is 13.0 Å². The third-order valence-corrected chi connectivity index (χ3v) is 3.40. The van der Waals surface area contributed by atoms with Crippen molar-refractivity contribution in [2.24, 2.45) is 5.92 Å². The van der Waals surface area contributed by atoms with Crippen molar-refractivity contribution in [3.63, 3.8) is 0 Å². The molecule has 0 aromatic rings.